The van der Waals surface area contributed by atoms with E-state index in [1.54, 1.807) is 10.6 Å². The average molecular weight is 353 g/mol. The Morgan fingerprint density at radius 1 is 1.27 bits per heavy atom. The van der Waals surface area contributed by atoms with Crippen molar-refractivity contribution in [2.75, 3.05) is 11.1 Å². The van der Waals surface area contributed by atoms with Gasteiger partial charge in [-0.1, -0.05) is 12.1 Å². The molecule has 0 unspecified atom stereocenters. The molecule has 0 bridgehead atoms. The molecule has 3 heterocycles. The zero-order chi connectivity index (χ0) is 18.1. The Balaban J connectivity index is 1.71. The predicted octanol–water partition coefficient (Wildman–Crippen LogP) is 1.84. The fourth-order valence-corrected chi connectivity index (χ4v) is 2.59. The van der Waals surface area contributed by atoms with Crippen molar-refractivity contribution < 1.29 is 13.8 Å². The van der Waals surface area contributed by atoms with E-state index in [1.807, 2.05) is 18.2 Å². The van der Waals surface area contributed by atoms with Crippen molar-refractivity contribution >= 4 is 28.4 Å². The van der Waals surface area contributed by atoms with Gasteiger partial charge in [0.1, 0.15) is 12.4 Å². The van der Waals surface area contributed by atoms with Crippen LogP contribution in [0.25, 0.3) is 22.6 Å². The summed E-state index contributed by atoms with van der Waals surface area (Å²) in [5, 5.41) is 9.90. The average Bonchev–Trinajstić information content (AvgIpc) is 3.18. The molecule has 0 aliphatic rings. The molecule has 0 spiro atoms. The quantitative estimate of drug-likeness (QED) is 0.573. The number of imidazole rings is 1. The Labute approximate surface area is 145 Å². The van der Waals surface area contributed by atoms with E-state index >= 15 is 0 Å². The fraction of sp³-hybridized carbons (Fsp3) is 0.0625. The molecule has 9 nitrogen and oxygen atoms in total. The number of para-hydroxylation sites is 2. The lowest BCUT2D eigenvalue weighted by Gasteiger charge is -2.09. The second-order valence-electron chi connectivity index (χ2n) is 5.45. The number of carbonyl (C=O) groups is 1. The zero-order valence-corrected chi connectivity index (χ0v) is 13.3. The van der Waals surface area contributed by atoms with E-state index in [0.717, 1.165) is 6.20 Å². The highest BCUT2D eigenvalue weighted by Gasteiger charge is 2.20. The van der Waals surface area contributed by atoms with Gasteiger partial charge in [0.15, 0.2) is 17.3 Å². The first kappa shape index (κ1) is 15.7. The molecule has 0 saturated heterocycles. The smallest absolute Gasteiger partial charge is 0.244 e. The fourth-order valence-electron chi connectivity index (χ4n) is 2.59. The van der Waals surface area contributed by atoms with Crippen LogP contribution in [0.15, 0.2) is 47.4 Å². The molecule has 0 radical (unpaired) electrons. The van der Waals surface area contributed by atoms with Gasteiger partial charge in [-0.15, -0.1) is 0 Å². The highest BCUT2D eigenvalue weighted by atomic mass is 19.1. The lowest BCUT2D eigenvalue weighted by molar-refractivity contribution is -0.116. The summed E-state index contributed by atoms with van der Waals surface area (Å²) >= 11 is 0. The molecular weight excluding hydrogens is 341 g/mol. The number of rotatable bonds is 4. The Kier molecular flexibility index (Phi) is 3.77. The Hall–Kier alpha value is -3.82. The molecule has 1 amide bonds. The Morgan fingerprint density at radius 2 is 2.12 bits per heavy atom. The second kappa shape index (κ2) is 6.24. The van der Waals surface area contributed by atoms with Crippen LogP contribution in [0.1, 0.15) is 0 Å². The van der Waals surface area contributed by atoms with Gasteiger partial charge in [-0.2, -0.15) is 0 Å². The van der Waals surface area contributed by atoms with Gasteiger partial charge in [0.05, 0.1) is 29.1 Å². The van der Waals surface area contributed by atoms with Gasteiger partial charge >= 0.3 is 0 Å². The van der Waals surface area contributed by atoms with Crippen molar-refractivity contribution in [2.45, 2.75) is 6.54 Å². The highest BCUT2D eigenvalue weighted by molar-refractivity contribution is 5.92. The molecule has 26 heavy (non-hydrogen) atoms. The maximum absolute atomic E-state index is 13.2. The van der Waals surface area contributed by atoms with Gasteiger partial charge in [-0.05, 0) is 22.4 Å². The molecule has 0 atom stereocenters. The number of hydrogen-bond donors (Lipinski definition) is 2. The molecule has 130 valence electrons. The maximum atomic E-state index is 13.2. The van der Waals surface area contributed by atoms with Crippen LogP contribution < -0.4 is 11.1 Å². The number of benzene rings is 1. The van der Waals surface area contributed by atoms with Crippen LogP contribution in [-0.2, 0) is 11.3 Å². The number of nitrogen functional groups attached to an aromatic ring is 1. The number of nitrogens with two attached hydrogens (primary N) is 1. The van der Waals surface area contributed by atoms with Crippen molar-refractivity contribution in [1.29, 1.82) is 0 Å². The number of hydrogen-bond acceptors (Lipinski definition) is 7. The normalized spacial score (nSPS) is 11.0. The third-order valence-electron chi connectivity index (χ3n) is 3.67. The van der Waals surface area contributed by atoms with E-state index in [0.29, 0.717) is 16.9 Å². The summed E-state index contributed by atoms with van der Waals surface area (Å²) in [5.41, 5.74) is 7.62. The van der Waals surface area contributed by atoms with E-state index < -0.39 is 11.7 Å². The van der Waals surface area contributed by atoms with Crippen molar-refractivity contribution in [1.82, 2.24) is 24.8 Å². The first-order valence-electron chi connectivity index (χ1n) is 7.56. The molecule has 0 aliphatic heterocycles. The highest BCUT2D eigenvalue weighted by Crippen LogP contribution is 2.26. The molecule has 0 fully saturated rings. The number of nitrogens with one attached hydrogen (secondary N) is 1. The van der Waals surface area contributed by atoms with Crippen molar-refractivity contribution in [3.05, 3.63) is 48.5 Å². The second-order valence-corrected chi connectivity index (χ2v) is 5.45. The summed E-state index contributed by atoms with van der Waals surface area (Å²) in [6.07, 6.45) is 2.41. The lowest BCUT2D eigenvalue weighted by atomic mass is 10.3. The van der Waals surface area contributed by atoms with Gasteiger partial charge in [0.2, 0.25) is 5.91 Å². The monoisotopic (exact) mass is 353 g/mol. The molecule has 0 saturated carbocycles. The molecule has 4 aromatic rings. The van der Waals surface area contributed by atoms with Crippen LogP contribution in [0.4, 0.5) is 15.9 Å². The number of pyridine rings is 1. The summed E-state index contributed by atoms with van der Waals surface area (Å²) < 4.78 is 19.5. The number of amides is 1. The zero-order valence-electron chi connectivity index (χ0n) is 13.3. The Bertz CT molecular complexity index is 1100. The van der Waals surface area contributed by atoms with E-state index in [1.165, 1.54) is 12.3 Å². The van der Waals surface area contributed by atoms with Crippen LogP contribution in [-0.4, -0.2) is 30.8 Å². The predicted molar refractivity (Wildman–Crippen MR) is 90.3 cm³/mol. The van der Waals surface area contributed by atoms with Gasteiger partial charge in [0, 0.05) is 6.07 Å². The van der Waals surface area contributed by atoms with E-state index in [4.69, 9.17) is 5.73 Å². The van der Waals surface area contributed by atoms with Crippen molar-refractivity contribution in [3.63, 3.8) is 0 Å². The maximum Gasteiger partial charge on any atom is 0.244 e. The van der Waals surface area contributed by atoms with Crippen molar-refractivity contribution in [2.24, 2.45) is 0 Å². The van der Waals surface area contributed by atoms with Crippen molar-refractivity contribution in [3.8, 4) is 11.5 Å². The van der Waals surface area contributed by atoms with Gasteiger partial charge in [0.25, 0.3) is 0 Å². The minimum absolute atomic E-state index is 0.0660. The number of nitrogens with zero attached hydrogens (tertiary/aromatic N) is 5. The summed E-state index contributed by atoms with van der Waals surface area (Å²) in [6, 6.07) is 8.44. The molecule has 4 rings (SSSR count). The summed E-state index contributed by atoms with van der Waals surface area (Å²) in [7, 11) is 0. The minimum Gasteiger partial charge on any atom is -0.379 e. The van der Waals surface area contributed by atoms with Gasteiger partial charge in [-0.3, -0.25) is 9.78 Å². The summed E-state index contributed by atoms with van der Waals surface area (Å²) in [4.78, 5) is 20.6. The number of aromatic nitrogens is 5. The number of fused-ring (bicyclic) bond motifs is 1. The number of carbonyl (C=O) groups excluding carboxylic acids is 1. The van der Waals surface area contributed by atoms with Crippen LogP contribution >= 0.6 is 0 Å². The van der Waals surface area contributed by atoms with Gasteiger partial charge < -0.3 is 15.6 Å². The molecular formula is C16H12FN7O2. The molecule has 1 aromatic carbocycles. The first-order chi connectivity index (χ1) is 12.6. The third kappa shape index (κ3) is 2.83. The molecule has 3 N–H and O–H groups in total. The van der Waals surface area contributed by atoms with Gasteiger partial charge in [-0.25, -0.2) is 14.0 Å². The minimum atomic E-state index is -0.544. The van der Waals surface area contributed by atoms with Crippen LogP contribution in [0, 0.1) is 5.82 Å². The Morgan fingerprint density at radius 3 is 2.88 bits per heavy atom. The SMILES string of the molecule is Nc1nonc1-c1nc2ccccc2n1CC(=O)Nc1cncc(F)c1. The topological polar surface area (TPSA) is 125 Å². The summed E-state index contributed by atoms with van der Waals surface area (Å²) in [5.74, 6) is -0.524. The van der Waals surface area contributed by atoms with Crippen LogP contribution in [0.2, 0.25) is 0 Å². The van der Waals surface area contributed by atoms with Crippen LogP contribution in [0.3, 0.4) is 0 Å². The van der Waals surface area contributed by atoms with Crippen LogP contribution in [0.5, 0.6) is 0 Å². The summed E-state index contributed by atoms with van der Waals surface area (Å²) in [6.45, 7) is -0.0986. The largest absolute Gasteiger partial charge is 0.379 e. The van der Waals surface area contributed by atoms with E-state index in [2.05, 4.69) is 30.2 Å². The molecule has 10 heteroatoms. The number of anilines is 2. The molecule has 3 aromatic heterocycles. The first-order valence-corrected chi connectivity index (χ1v) is 7.56. The lowest BCUT2D eigenvalue weighted by Crippen LogP contribution is -2.19. The van der Waals surface area contributed by atoms with E-state index in [-0.39, 0.29) is 23.7 Å². The third-order valence-corrected chi connectivity index (χ3v) is 3.67. The molecule has 0 aliphatic carbocycles. The van der Waals surface area contributed by atoms with E-state index in [9.17, 15) is 9.18 Å². The number of halogens is 1. The standard InChI is InChI=1S/C16H12FN7O2/c17-9-5-10(7-19-6-9)20-13(25)8-24-12-4-2-1-3-11(12)21-16(24)14-15(18)23-26-22-14/h1-7H,8H2,(H2,18,23)(H,20,25).